The van der Waals surface area contributed by atoms with E-state index in [4.69, 9.17) is 9.47 Å². The first kappa shape index (κ1) is 33.8. The Hall–Kier alpha value is -3.73. The minimum atomic E-state index is -1.17. The number of nitrogens with zero attached hydrogens (tertiary/aromatic N) is 3. The molecule has 8 atom stereocenters. The highest BCUT2D eigenvalue weighted by Gasteiger charge is 2.72. The second kappa shape index (κ2) is 14.2. The van der Waals surface area contributed by atoms with Crippen molar-refractivity contribution in [1.82, 2.24) is 20.0 Å². The van der Waals surface area contributed by atoms with E-state index >= 15 is 0 Å². The first-order chi connectivity index (χ1) is 23.8. The Bertz CT molecular complexity index is 1530. The van der Waals surface area contributed by atoms with Crippen LogP contribution in [0.5, 0.6) is 5.75 Å². The number of nitrogens with one attached hydrogen (secondary N) is 2. The van der Waals surface area contributed by atoms with E-state index in [0.29, 0.717) is 29.8 Å². The molecule has 2 aromatic carbocycles. The predicted molar refractivity (Wildman–Crippen MR) is 188 cm³/mol. The first-order valence-corrected chi connectivity index (χ1v) is 18.2. The molecule has 7 rings (SSSR count). The molecule has 4 fully saturated rings. The lowest BCUT2D eigenvalue weighted by molar-refractivity contribution is -0.141. The Morgan fingerprint density at radius 1 is 0.939 bits per heavy atom. The number of fused-ring (bicyclic) bond motifs is 1. The maximum absolute atomic E-state index is 14.5. The number of benzene rings is 2. The highest BCUT2D eigenvalue weighted by Crippen LogP contribution is 2.55. The molecule has 1 saturated carbocycles. The van der Waals surface area contributed by atoms with Crippen LogP contribution in [0.3, 0.4) is 0 Å². The van der Waals surface area contributed by atoms with Gasteiger partial charge in [-0.3, -0.25) is 19.3 Å². The maximum atomic E-state index is 14.5. The monoisotopic (exact) mass is 669 g/mol. The van der Waals surface area contributed by atoms with E-state index in [1.54, 1.807) is 36.3 Å². The molecule has 3 saturated heterocycles. The van der Waals surface area contributed by atoms with Crippen molar-refractivity contribution in [2.24, 2.45) is 23.7 Å². The third-order valence-corrected chi connectivity index (χ3v) is 11.9. The summed E-state index contributed by atoms with van der Waals surface area (Å²) in [4.78, 5) is 49.4. The van der Waals surface area contributed by atoms with Crippen molar-refractivity contribution in [3.05, 3.63) is 72.3 Å². The number of rotatable bonds is 11. The molecule has 4 aliphatic heterocycles. The number of likely N-dealkylation sites (tertiary alicyclic amines) is 1. The molecule has 262 valence electrons. The molecule has 2 N–H and O–H groups in total. The van der Waals surface area contributed by atoms with Crippen LogP contribution in [-0.4, -0.2) is 103 Å². The van der Waals surface area contributed by atoms with Crippen molar-refractivity contribution in [3.8, 4) is 5.75 Å². The fourth-order valence-corrected chi connectivity index (χ4v) is 8.93. The van der Waals surface area contributed by atoms with Crippen LogP contribution in [0.4, 0.5) is 5.69 Å². The van der Waals surface area contributed by atoms with Crippen molar-refractivity contribution < 1.29 is 23.9 Å². The summed E-state index contributed by atoms with van der Waals surface area (Å²) < 4.78 is 11.8. The molecule has 49 heavy (non-hydrogen) atoms. The number of carbonyl (C=O) groups is 3. The zero-order chi connectivity index (χ0) is 34.1. The van der Waals surface area contributed by atoms with Gasteiger partial charge in [-0.2, -0.15) is 0 Å². The number of carbonyl (C=O) groups excluding carboxylic acids is 3. The molecule has 0 aromatic heterocycles. The van der Waals surface area contributed by atoms with E-state index in [-0.39, 0.29) is 23.8 Å². The quantitative estimate of drug-likeness (QED) is 0.350. The first-order valence-electron chi connectivity index (χ1n) is 18.2. The Kier molecular flexibility index (Phi) is 9.81. The van der Waals surface area contributed by atoms with Gasteiger partial charge in [0.25, 0.3) is 0 Å². The summed E-state index contributed by atoms with van der Waals surface area (Å²) in [6.07, 6.45) is 7.12. The standard InChI is InChI=1S/C39H51N5O5/c1-26-9-7-12-31(27(26)2)41-37(46)35-39-18-17-32(49-39)33(36(45)40-29-13-15-30(48-3)16-14-29)34(39)38(47)44(35)20-8-19-42-21-23-43(24-22-42)25-28-10-5-4-6-11-28/h4-6,10-11,13-18,26-27,31-35H,7-9,12,19-25H2,1-3H3,(H,40,45)(H,41,46)/t26-,27-,31-,32-,33+,34-,35-,39-/m1/s1. The van der Waals surface area contributed by atoms with Crippen LogP contribution in [0, 0.1) is 23.7 Å². The van der Waals surface area contributed by atoms with Gasteiger partial charge in [-0.25, -0.2) is 0 Å². The van der Waals surface area contributed by atoms with Gasteiger partial charge >= 0.3 is 0 Å². The number of amides is 3. The number of piperazine rings is 1. The molecule has 2 bridgehead atoms. The zero-order valence-corrected chi connectivity index (χ0v) is 29.1. The molecule has 10 nitrogen and oxygen atoms in total. The SMILES string of the molecule is COc1ccc(NC(=O)[C@H]2[C@H]3C=C[C@@]4(O3)[C@H]2C(=O)N(CCCN2CCN(Cc3ccccc3)CC2)[C@@H]4C(=O)N[C@@H]2CCC[C@@H](C)[C@H]2C)cc1. The second-order valence-corrected chi connectivity index (χ2v) is 14.8. The van der Waals surface area contributed by atoms with Crippen LogP contribution in [0.15, 0.2) is 66.7 Å². The van der Waals surface area contributed by atoms with Gasteiger partial charge in [0.05, 0.1) is 25.0 Å². The maximum Gasteiger partial charge on any atom is 0.246 e. The van der Waals surface area contributed by atoms with E-state index in [1.165, 1.54) is 5.56 Å². The van der Waals surface area contributed by atoms with Crippen LogP contribution in [0.2, 0.25) is 0 Å². The lowest BCUT2D eigenvalue weighted by Gasteiger charge is -2.38. The largest absolute Gasteiger partial charge is 0.497 e. The molecule has 1 aliphatic carbocycles. The van der Waals surface area contributed by atoms with E-state index in [9.17, 15) is 14.4 Å². The van der Waals surface area contributed by atoms with Crippen LogP contribution in [-0.2, 0) is 25.7 Å². The van der Waals surface area contributed by atoms with Gasteiger partial charge in [0, 0.05) is 51.0 Å². The molecule has 10 heteroatoms. The third kappa shape index (κ3) is 6.62. The lowest BCUT2D eigenvalue weighted by atomic mass is 9.73. The highest BCUT2D eigenvalue weighted by atomic mass is 16.5. The fourth-order valence-electron chi connectivity index (χ4n) is 8.93. The van der Waals surface area contributed by atoms with Crippen LogP contribution >= 0.6 is 0 Å². The lowest BCUT2D eigenvalue weighted by Crippen LogP contribution is -2.58. The van der Waals surface area contributed by atoms with Gasteiger partial charge in [-0.1, -0.05) is 69.2 Å². The van der Waals surface area contributed by atoms with Crippen molar-refractivity contribution in [1.29, 1.82) is 0 Å². The van der Waals surface area contributed by atoms with Crippen LogP contribution in [0.25, 0.3) is 0 Å². The Balaban J connectivity index is 1.05. The molecule has 3 amide bonds. The average molecular weight is 670 g/mol. The number of methoxy groups -OCH3 is 1. The van der Waals surface area contributed by atoms with Gasteiger partial charge in [-0.15, -0.1) is 0 Å². The second-order valence-electron chi connectivity index (χ2n) is 14.8. The molecule has 4 heterocycles. The molecule has 5 aliphatic rings. The fraction of sp³-hybridized carbons (Fsp3) is 0.564. The number of ether oxygens (including phenoxy) is 2. The minimum Gasteiger partial charge on any atom is -0.497 e. The average Bonchev–Trinajstić information content (AvgIpc) is 3.75. The van der Waals surface area contributed by atoms with Crippen molar-refractivity contribution >= 4 is 23.4 Å². The number of hydrogen-bond donors (Lipinski definition) is 2. The summed E-state index contributed by atoms with van der Waals surface area (Å²) in [6, 6.07) is 16.9. The molecule has 0 unspecified atom stereocenters. The summed E-state index contributed by atoms with van der Waals surface area (Å²) in [5.41, 5.74) is 0.782. The van der Waals surface area contributed by atoms with E-state index in [0.717, 1.165) is 65.0 Å². The summed E-state index contributed by atoms with van der Waals surface area (Å²) in [5, 5.41) is 6.37. The van der Waals surface area contributed by atoms with Crippen LogP contribution < -0.4 is 15.4 Å². The number of anilines is 1. The Labute approximate surface area is 290 Å². The van der Waals surface area contributed by atoms with E-state index < -0.39 is 29.6 Å². The van der Waals surface area contributed by atoms with E-state index in [2.05, 4.69) is 64.6 Å². The third-order valence-electron chi connectivity index (χ3n) is 11.9. The van der Waals surface area contributed by atoms with Crippen molar-refractivity contribution in [3.63, 3.8) is 0 Å². The summed E-state index contributed by atoms with van der Waals surface area (Å²) in [6.45, 7) is 10.6. The van der Waals surface area contributed by atoms with Gasteiger partial charge in [0.2, 0.25) is 17.7 Å². The van der Waals surface area contributed by atoms with Gasteiger partial charge in [0.1, 0.15) is 17.4 Å². The highest BCUT2D eigenvalue weighted by molar-refractivity contribution is 6.02. The summed E-state index contributed by atoms with van der Waals surface area (Å²) >= 11 is 0. The normalized spacial score (nSPS) is 32.7. The Morgan fingerprint density at radius 2 is 1.67 bits per heavy atom. The summed E-state index contributed by atoms with van der Waals surface area (Å²) in [5.74, 6) is -0.553. The summed E-state index contributed by atoms with van der Waals surface area (Å²) in [7, 11) is 1.60. The van der Waals surface area contributed by atoms with Crippen molar-refractivity contribution in [2.75, 3.05) is 51.7 Å². The minimum absolute atomic E-state index is 0.0487. The molecular formula is C39H51N5O5. The number of hydrogen-bond acceptors (Lipinski definition) is 7. The molecular weight excluding hydrogens is 618 g/mol. The molecule has 0 radical (unpaired) electrons. The van der Waals surface area contributed by atoms with Gasteiger partial charge in [0.15, 0.2) is 0 Å². The zero-order valence-electron chi connectivity index (χ0n) is 29.1. The predicted octanol–water partition coefficient (Wildman–Crippen LogP) is 3.93. The van der Waals surface area contributed by atoms with Gasteiger partial charge < -0.3 is 29.9 Å². The molecule has 2 aromatic rings. The van der Waals surface area contributed by atoms with Gasteiger partial charge in [-0.05, 0) is 61.1 Å². The molecule has 1 spiro atoms. The van der Waals surface area contributed by atoms with Crippen LogP contribution in [0.1, 0.15) is 45.1 Å². The van der Waals surface area contributed by atoms with Crippen molar-refractivity contribution in [2.45, 2.75) is 69.9 Å². The van der Waals surface area contributed by atoms with E-state index in [1.807, 2.05) is 12.2 Å². The topological polar surface area (TPSA) is 103 Å². The smallest absolute Gasteiger partial charge is 0.246 e. The Morgan fingerprint density at radius 3 is 2.41 bits per heavy atom.